The zero-order valence-electron chi connectivity index (χ0n) is 28.6. The Morgan fingerprint density at radius 1 is 0.679 bits per heavy atom. The molecule has 0 saturated carbocycles. The Kier molecular flexibility index (Phi) is 11.2. The molecule has 7 rings (SSSR count). The number of hydrogen-bond donors (Lipinski definition) is 1. The Hall–Kier alpha value is -4.26. The Morgan fingerprint density at radius 3 is 1.77 bits per heavy atom. The molecule has 2 aliphatic rings. The molecule has 2 bridgehead atoms. The van der Waals surface area contributed by atoms with E-state index < -0.39 is 42.7 Å². The highest BCUT2D eigenvalue weighted by atomic mass is 35.5. The highest BCUT2D eigenvalue weighted by Gasteiger charge is 2.69. The minimum atomic E-state index is -4.79. The lowest BCUT2D eigenvalue weighted by molar-refractivity contribution is -0.353. The average Bonchev–Trinajstić information content (AvgIpc) is 3.53. The first-order valence-electron chi connectivity index (χ1n) is 17.2. The summed E-state index contributed by atoms with van der Waals surface area (Å²) in [5.74, 6) is -1.89. The molecular formula is C42H38ClF3O7. The predicted molar refractivity (Wildman–Crippen MR) is 191 cm³/mol. The third-order valence-corrected chi connectivity index (χ3v) is 9.84. The fourth-order valence-electron chi connectivity index (χ4n) is 6.89. The van der Waals surface area contributed by atoms with E-state index in [2.05, 4.69) is 4.74 Å². The lowest BCUT2D eigenvalue weighted by atomic mass is 9.83. The first-order chi connectivity index (χ1) is 25.7. The van der Waals surface area contributed by atoms with Crippen LogP contribution in [0.2, 0.25) is 5.02 Å². The van der Waals surface area contributed by atoms with Crippen LogP contribution in [0.1, 0.15) is 33.4 Å². The van der Waals surface area contributed by atoms with Gasteiger partial charge in [-0.1, -0.05) is 121 Å². The third kappa shape index (κ3) is 8.45. The number of aliphatic hydroxyl groups is 1. The minimum absolute atomic E-state index is 0.0298. The molecule has 0 aliphatic carbocycles. The van der Waals surface area contributed by atoms with Crippen LogP contribution in [0.3, 0.4) is 0 Å². The van der Waals surface area contributed by atoms with E-state index in [1.807, 2.05) is 97.1 Å². The second kappa shape index (κ2) is 16.0. The standard InChI is InChI=1S/C42H38ClF3O7/c43-36-21-18-34(23-33(36)22-29-16-19-35(20-17-29)52-42(44,45)46)41-39(50-26-32-14-8-3-9-15-32)37(48-24-30-10-4-1-5-11-30)38(40(27-47,53-41)28-51-41)49-25-31-12-6-2-7-13-31/h1-21,23,37-39,47H,22,24-28H2/t37-,38-,39+,40?,41+/m0/s1. The maximum Gasteiger partial charge on any atom is 0.573 e. The van der Waals surface area contributed by atoms with Gasteiger partial charge >= 0.3 is 6.36 Å². The molecule has 0 spiro atoms. The van der Waals surface area contributed by atoms with Gasteiger partial charge in [0.05, 0.1) is 33.0 Å². The van der Waals surface area contributed by atoms with Crippen molar-refractivity contribution in [3.8, 4) is 5.75 Å². The van der Waals surface area contributed by atoms with Crippen LogP contribution in [0.5, 0.6) is 5.75 Å². The van der Waals surface area contributed by atoms with E-state index in [0.717, 1.165) is 16.7 Å². The third-order valence-electron chi connectivity index (χ3n) is 9.47. The van der Waals surface area contributed by atoms with Gasteiger partial charge in [-0.2, -0.15) is 0 Å². The van der Waals surface area contributed by atoms with Gasteiger partial charge in [-0.05, 0) is 58.5 Å². The monoisotopic (exact) mass is 746 g/mol. The van der Waals surface area contributed by atoms with Gasteiger partial charge in [0.25, 0.3) is 0 Å². The van der Waals surface area contributed by atoms with Crippen LogP contribution >= 0.6 is 11.6 Å². The summed E-state index contributed by atoms with van der Waals surface area (Å²) in [7, 11) is 0. The van der Waals surface area contributed by atoms with E-state index in [4.69, 9.17) is 35.3 Å². The molecule has 0 aromatic heterocycles. The number of halogens is 4. The van der Waals surface area contributed by atoms with Crippen LogP contribution in [0.4, 0.5) is 13.2 Å². The van der Waals surface area contributed by atoms with Gasteiger partial charge < -0.3 is 33.5 Å². The van der Waals surface area contributed by atoms with Crippen LogP contribution in [-0.4, -0.2) is 48.6 Å². The van der Waals surface area contributed by atoms with Crippen LogP contribution in [-0.2, 0) is 55.7 Å². The van der Waals surface area contributed by atoms with Crippen molar-refractivity contribution in [2.24, 2.45) is 0 Å². The molecule has 5 aromatic rings. The quantitative estimate of drug-likeness (QED) is 0.122. The molecular weight excluding hydrogens is 709 g/mol. The number of aliphatic hydroxyl groups excluding tert-OH is 1. The Labute approximate surface area is 310 Å². The molecule has 7 nitrogen and oxygen atoms in total. The first-order valence-corrected chi connectivity index (χ1v) is 17.6. The predicted octanol–water partition coefficient (Wildman–Crippen LogP) is 8.53. The molecule has 0 amide bonds. The minimum Gasteiger partial charge on any atom is -0.406 e. The lowest BCUT2D eigenvalue weighted by Gasteiger charge is -2.50. The van der Waals surface area contributed by atoms with Crippen LogP contribution < -0.4 is 4.74 Å². The van der Waals surface area contributed by atoms with Gasteiger partial charge in [0.15, 0.2) is 0 Å². The van der Waals surface area contributed by atoms with Crippen molar-refractivity contribution in [1.82, 2.24) is 0 Å². The molecule has 5 aromatic carbocycles. The smallest absolute Gasteiger partial charge is 0.406 e. The van der Waals surface area contributed by atoms with E-state index in [9.17, 15) is 18.3 Å². The topological polar surface area (TPSA) is 75.6 Å². The molecule has 5 atom stereocenters. The first kappa shape index (κ1) is 37.1. The second-order valence-electron chi connectivity index (χ2n) is 13.2. The fourth-order valence-corrected chi connectivity index (χ4v) is 7.07. The highest BCUT2D eigenvalue weighted by Crippen LogP contribution is 2.53. The summed E-state index contributed by atoms with van der Waals surface area (Å²) in [4.78, 5) is 0. The number of benzene rings is 5. The van der Waals surface area contributed by atoms with Gasteiger partial charge in [-0.15, -0.1) is 13.2 Å². The molecule has 11 heteroatoms. The van der Waals surface area contributed by atoms with E-state index in [-0.39, 0.29) is 38.6 Å². The van der Waals surface area contributed by atoms with E-state index in [1.54, 1.807) is 24.3 Å². The van der Waals surface area contributed by atoms with Gasteiger partial charge in [-0.25, -0.2) is 0 Å². The van der Waals surface area contributed by atoms with Gasteiger partial charge in [0.1, 0.15) is 29.7 Å². The zero-order valence-corrected chi connectivity index (χ0v) is 29.3. The van der Waals surface area contributed by atoms with Crippen LogP contribution in [0.25, 0.3) is 0 Å². The van der Waals surface area contributed by atoms with Crippen molar-refractivity contribution in [3.63, 3.8) is 0 Å². The molecule has 276 valence electrons. The molecule has 1 N–H and O–H groups in total. The number of fused-ring (bicyclic) bond motifs is 2. The van der Waals surface area contributed by atoms with E-state index in [0.29, 0.717) is 21.7 Å². The van der Waals surface area contributed by atoms with E-state index in [1.165, 1.54) is 12.1 Å². The van der Waals surface area contributed by atoms with Crippen molar-refractivity contribution in [2.75, 3.05) is 13.2 Å². The molecule has 2 heterocycles. The fraction of sp³-hybridized carbons (Fsp3) is 0.286. The number of alkyl halides is 3. The van der Waals surface area contributed by atoms with Crippen molar-refractivity contribution in [2.45, 2.75) is 62.3 Å². The summed E-state index contributed by atoms with van der Waals surface area (Å²) in [5, 5.41) is 11.5. The van der Waals surface area contributed by atoms with E-state index >= 15 is 0 Å². The largest absolute Gasteiger partial charge is 0.573 e. The van der Waals surface area contributed by atoms with Gasteiger partial charge in [0.2, 0.25) is 5.79 Å². The summed E-state index contributed by atoms with van der Waals surface area (Å²) in [6.07, 6.45) is -7.05. The maximum atomic E-state index is 12.8. The summed E-state index contributed by atoms with van der Waals surface area (Å²) < 4.78 is 76.2. The Morgan fingerprint density at radius 2 is 1.23 bits per heavy atom. The van der Waals surface area contributed by atoms with Crippen LogP contribution in [0.15, 0.2) is 133 Å². The number of ether oxygens (including phenoxy) is 6. The average molecular weight is 747 g/mol. The summed E-state index contributed by atoms with van der Waals surface area (Å²) in [6, 6.07) is 40.1. The van der Waals surface area contributed by atoms with Gasteiger partial charge in [-0.3, -0.25) is 0 Å². The summed E-state index contributed by atoms with van der Waals surface area (Å²) in [5.41, 5.74) is 3.38. The van der Waals surface area contributed by atoms with Crippen molar-refractivity contribution < 1.29 is 46.7 Å². The SMILES string of the molecule is OCC12CO[C@](c3ccc(Cl)c(Cc4ccc(OC(F)(F)F)cc4)c3)(O1)[C@H](OCc1ccccc1)[C@@H](OCc1ccccc1)[C@@H]2OCc1ccccc1. The normalized spacial score (nSPS) is 23.9. The van der Waals surface area contributed by atoms with Crippen molar-refractivity contribution >= 4 is 11.6 Å². The van der Waals surface area contributed by atoms with Crippen LogP contribution in [0, 0.1) is 0 Å². The lowest BCUT2D eigenvalue weighted by Crippen LogP contribution is -2.67. The Bertz CT molecular complexity index is 1930. The molecule has 1 unspecified atom stereocenters. The summed E-state index contributed by atoms with van der Waals surface area (Å²) in [6.45, 7) is 0.169. The molecule has 53 heavy (non-hydrogen) atoms. The van der Waals surface area contributed by atoms with Gasteiger partial charge in [0, 0.05) is 10.6 Å². The highest BCUT2D eigenvalue weighted by molar-refractivity contribution is 6.31. The van der Waals surface area contributed by atoms with Crippen molar-refractivity contribution in [3.05, 3.63) is 172 Å². The summed E-state index contributed by atoms with van der Waals surface area (Å²) >= 11 is 6.73. The zero-order chi connectivity index (χ0) is 36.9. The molecule has 2 aliphatic heterocycles. The molecule has 2 saturated heterocycles. The number of rotatable bonds is 14. The molecule has 2 fully saturated rings. The maximum absolute atomic E-state index is 12.8. The molecule has 0 radical (unpaired) electrons. The number of hydrogen-bond acceptors (Lipinski definition) is 7. The second-order valence-corrected chi connectivity index (χ2v) is 13.6. The van der Waals surface area contributed by atoms with Crippen molar-refractivity contribution in [1.29, 1.82) is 0 Å². The Balaban J connectivity index is 1.27.